The molecule has 0 saturated carbocycles. The minimum absolute atomic E-state index is 0.142. The molecule has 0 unspecified atom stereocenters. The number of hydrogen-bond acceptors (Lipinski definition) is 4. The lowest BCUT2D eigenvalue weighted by Gasteiger charge is -2.56. The van der Waals surface area contributed by atoms with Gasteiger partial charge in [-0.3, -0.25) is 9.69 Å². The molecule has 1 saturated heterocycles. The number of ether oxygens (including phenoxy) is 2. The van der Waals surface area contributed by atoms with Crippen molar-refractivity contribution in [3.05, 3.63) is 82.4 Å². The lowest BCUT2D eigenvalue weighted by molar-refractivity contribution is -0.130. The third-order valence-corrected chi connectivity index (χ3v) is 7.61. The molecule has 2 aliphatic rings. The molecule has 3 aromatic carbocycles. The molecule has 2 bridgehead atoms. The Balaban J connectivity index is 1.66. The number of hydrogen-bond donors (Lipinski definition) is 2. The molecule has 1 amide bonds. The van der Waals surface area contributed by atoms with Crippen LogP contribution in [0.2, 0.25) is 0 Å². The SMILES string of the molecule is CCOc1cccc2c1O[C@]1(C)[C@H](C(=O)Nc3ccc(C)cc3C)[C@@H]2NC(=S)N1c1ccc(C)cc1C. The first-order valence-corrected chi connectivity index (χ1v) is 13.1. The van der Waals surface area contributed by atoms with Gasteiger partial charge in [0.25, 0.3) is 0 Å². The minimum Gasteiger partial charge on any atom is -0.490 e. The van der Waals surface area contributed by atoms with E-state index in [-0.39, 0.29) is 5.91 Å². The molecule has 1 fully saturated rings. The first-order chi connectivity index (χ1) is 17.6. The number of carbonyl (C=O) groups is 1. The Hall–Kier alpha value is -3.58. The Labute approximate surface area is 224 Å². The molecule has 0 aromatic heterocycles. The van der Waals surface area contributed by atoms with E-state index in [4.69, 9.17) is 21.7 Å². The summed E-state index contributed by atoms with van der Waals surface area (Å²) < 4.78 is 12.8. The number of carbonyl (C=O) groups excluding carboxylic acids is 1. The van der Waals surface area contributed by atoms with Crippen molar-refractivity contribution < 1.29 is 14.3 Å². The second kappa shape index (κ2) is 9.38. The first kappa shape index (κ1) is 25.1. The van der Waals surface area contributed by atoms with Crippen LogP contribution in [0.25, 0.3) is 0 Å². The van der Waals surface area contributed by atoms with Crippen LogP contribution in [0.1, 0.15) is 47.7 Å². The molecule has 3 aromatic rings. The van der Waals surface area contributed by atoms with E-state index in [1.807, 2.05) is 82.0 Å². The fraction of sp³-hybridized carbons (Fsp3) is 0.333. The summed E-state index contributed by atoms with van der Waals surface area (Å²) in [6, 6.07) is 17.6. The summed E-state index contributed by atoms with van der Waals surface area (Å²) in [4.78, 5) is 16.1. The Morgan fingerprint density at radius 3 is 2.46 bits per heavy atom. The highest BCUT2D eigenvalue weighted by Gasteiger charge is 2.59. The third kappa shape index (κ3) is 4.21. The van der Waals surface area contributed by atoms with Crippen molar-refractivity contribution in [1.82, 2.24) is 5.32 Å². The summed E-state index contributed by atoms with van der Waals surface area (Å²) in [6.07, 6.45) is 0. The molecule has 2 aliphatic heterocycles. The summed E-state index contributed by atoms with van der Waals surface area (Å²) in [7, 11) is 0. The topological polar surface area (TPSA) is 62.8 Å². The highest BCUT2D eigenvalue weighted by Crippen LogP contribution is 2.53. The van der Waals surface area contributed by atoms with Crippen LogP contribution in [-0.2, 0) is 4.79 Å². The molecule has 37 heavy (non-hydrogen) atoms. The average molecular weight is 516 g/mol. The summed E-state index contributed by atoms with van der Waals surface area (Å²) in [6.45, 7) is 12.5. The predicted octanol–water partition coefficient (Wildman–Crippen LogP) is 6.12. The maximum absolute atomic E-state index is 14.1. The quantitative estimate of drug-likeness (QED) is 0.399. The number of aryl methyl sites for hydroxylation is 4. The van der Waals surface area contributed by atoms with Gasteiger partial charge in [0.05, 0.1) is 12.6 Å². The minimum atomic E-state index is -1.12. The third-order valence-electron chi connectivity index (χ3n) is 7.30. The smallest absolute Gasteiger partial charge is 0.236 e. The molecule has 0 spiro atoms. The number of benzene rings is 3. The number of nitrogens with one attached hydrogen (secondary N) is 2. The first-order valence-electron chi connectivity index (χ1n) is 12.6. The molecule has 192 valence electrons. The van der Waals surface area contributed by atoms with Gasteiger partial charge in [0.2, 0.25) is 5.91 Å². The van der Waals surface area contributed by atoms with Crippen LogP contribution in [0.3, 0.4) is 0 Å². The summed E-state index contributed by atoms with van der Waals surface area (Å²) in [5, 5.41) is 7.19. The van der Waals surface area contributed by atoms with Crippen molar-refractivity contribution in [3.63, 3.8) is 0 Å². The highest BCUT2D eigenvalue weighted by molar-refractivity contribution is 7.80. The lowest BCUT2D eigenvalue weighted by Crippen LogP contribution is -2.72. The zero-order valence-electron chi connectivity index (χ0n) is 22.1. The van der Waals surface area contributed by atoms with Crippen molar-refractivity contribution in [1.29, 1.82) is 0 Å². The van der Waals surface area contributed by atoms with Gasteiger partial charge in [0, 0.05) is 16.9 Å². The van der Waals surface area contributed by atoms with Crippen molar-refractivity contribution in [2.75, 3.05) is 16.8 Å². The Bertz CT molecular complexity index is 1400. The van der Waals surface area contributed by atoms with E-state index in [0.717, 1.165) is 39.2 Å². The Morgan fingerprint density at radius 1 is 1.08 bits per heavy atom. The van der Waals surface area contributed by atoms with E-state index < -0.39 is 17.7 Å². The number of anilines is 2. The standard InChI is InChI=1S/C30H33N3O3S/c1-7-35-24-10-8-9-21-26-25(28(34)31-22-13-11-17(2)15-19(22)4)30(6,36-27(21)24)33(29(37)32-26)23-14-12-18(3)16-20(23)5/h8-16,25-26H,7H2,1-6H3,(H,31,34)(H,32,37)/t25-,26+,30+/m0/s1. The molecule has 2 heterocycles. The zero-order valence-corrected chi connectivity index (χ0v) is 23.0. The number of para-hydroxylation sites is 1. The van der Waals surface area contributed by atoms with E-state index in [0.29, 0.717) is 23.2 Å². The second-order valence-corrected chi connectivity index (χ2v) is 10.5. The Kier molecular flexibility index (Phi) is 6.36. The van der Waals surface area contributed by atoms with Gasteiger partial charge < -0.3 is 20.1 Å². The van der Waals surface area contributed by atoms with Crippen LogP contribution >= 0.6 is 12.2 Å². The molecule has 0 radical (unpaired) electrons. The van der Waals surface area contributed by atoms with Crippen molar-refractivity contribution in [2.45, 2.75) is 53.3 Å². The number of amides is 1. The van der Waals surface area contributed by atoms with Gasteiger partial charge in [-0.1, -0.05) is 47.5 Å². The number of fused-ring (bicyclic) bond motifs is 4. The highest BCUT2D eigenvalue weighted by atomic mass is 32.1. The van der Waals surface area contributed by atoms with Crippen LogP contribution in [0.15, 0.2) is 54.6 Å². The summed E-state index contributed by atoms with van der Waals surface area (Å²) >= 11 is 5.92. The van der Waals surface area contributed by atoms with Gasteiger partial charge in [0.15, 0.2) is 22.3 Å². The van der Waals surface area contributed by atoms with Crippen molar-refractivity contribution in [2.24, 2.45) is 5.92 Å². The lowest BCUT2D eigenvalue weighted by atomic mass is 9.78. The largest absolute Gasteiger partial charge is 0.490 e. The zero-order chi connectivity index (χ0) is 26.5. The van der Waals surface area contributed by atoms with Crippen LogP contribution in [-0.4, -0.2) is 23.4 Å². The van der Waals surface area contributed by atoms with Gasteiger partial charge in [-0.15, -0.1) is 0 Å². The van der Waals surface area contributed by atoms with E-state index in [9.17, 15) is 4.79 Å². The maximum atomic E-state index is 14.1. The second-order valence-electron chi connectivity index (χ2n) is 10.1. The predicted molar refractivity (Wildman–Crippen MR) is 152 cm³/mol. The number of thiocarbonyl (C=S) groups is 1. The Morgan fingerprint density at radius 2 is 1.78 bits per heavy atom. The van der Waals surface area contributed by atoms with E-state index in [1.54, 1.807) is 0 Å². The normalized spacial score (nSPS) is 22.0. The molecule has 6 nitrogen and oxygen atoms in total. The van der Waals surface area contributed by atoms with Gasteiger partial charge in [-0.05, 0) is 83.1 Å². The number of rotatable bonds is 5. The molecular weight excluding hydrogens is 482 g/mol. The average Bonchev–Trinajstić information content (AvgIpc) is 2.82. The monoisotopic (exact) mass is 515 g/mol. The fourth-order valence-electron chi connectivity index (χ4n) is 5.62. The molecule has 0 aliphatic carbocycles. The van der Waals surface area contributed by atoms with E-state index in [1.165, 1.54) is 0 Å². The summed E-state index contributed by atoms with van der Waals surface area (Å²) in [5.74, 6) is 0.526. The molecule has 3 atom stereocenters. The van der Waals surface area contributed by atoms with Crippen LogP contribution < -0.4 is 25.0 Å². The molecule has 7 heteroatoms. The molecule has 5 rings (SSSR count). The van der Waals surface area contributed by atoms with E-state index >= 15 is 0 Å². The van der Waals surface area contributed by atoms with Gasteiger partial charge >= 0.3 is 0 Å². The number of nitrogens with zero attached hydrogens (tertiary/aromatic N) is 1. The van der Waals surface area contributed by atoms with Crippen LogP contribution in [0, 0.1) is 33.6 Å². The summed E-state index contributed by atoms with van der Waals surface area (Å²) in [5.41, 5.74) is 5.77. The van der Waals surface area contributed by atoms with Crippen molar-refractivity contribution >= 4 is 34.6 Å². The molecular formula is C30H33N3O3S. The van der Waals surface area contributed by atoms with Crippen LogP contribution in [0.5, 0.6) is 11.5 Å². The van der Waals surface area contributed by atoms with Crippen molar-refractivity contribution in [3.8, 4) is 11.5 Å². The van der Waals surface area contributed by atoms with Gasteiger partial charge in [0.1, 0.15) is 5.92 Å². The van der Waals surface area contributed by atoms with Crippen LogP contribution in [0.4, 0.5) is 11.4 Å². The maximum Gasteiger partial charge on any atom is 0.236 e. The van der Waals surface area contributed by atoms with Gasteiger partial charge in [-0.2, -0.15) is 0 Å². The molecule has 2 N–H and O–H groups in total. The van der Waals surface area contributed by atoms with E-state index in [2.05, 4.69) is 29.7 Å². The van der Waals surface area contributed by atoms with Gasteiger partial charge in [-0.25, -0.2) is 0 Å². The fourth-order valence-corrected chi connectivity index (χ4v) is 6.03.